The molecule has 12 atom stereocenters. The maximum Gasteiger partial charge on any atom is 0.339 e. The van der Waals surface area contributed by atoms with Crippen LogP contribution in [0.15, 0.2) is 52.1 Å². The molecule has 9 aliphatic heterocycles. The first-order valence-corrected chi connectivity index (χ1v) is 26.4. The summed E-state index contributed by atoms with van der Waals surface area (Å²) in [6.45, 7) is 6.42. The van der Waals surface area contributed by atoms with Crippen LogP contribution in [0.2, 0.25) is 0 Å². The van der Waals surface area contributed by atoms with Crippen LogP contribution in [-0.2, 0) is 26.3 Å². The summed E-state index contributed by atoms with van der Waals surface area (Å²) in [5.74, 6) is 4.14. The van der Waals surface area contributed by atoms with Crippen LogP contribution >= 0.6 is 0 Å². The van der Waals surface area contributed by atoms with E-state index in [9.17, 15) is 9.90 Å². The topological polar surface area (TPSA) is 105 Å². The Bertz CT molecular complexity index is 2200. The summed E-state index contributed by atoms with van der Waals surface area (Å²) in [7, 11) is 0. The van der Waals surface area contributed by atoms with E-state index in [0.717, 1.165) is 75.7 Å². The molecule has 3 saturated carbocycles. The lowest BCUT2D eigenvalue weighted by molar-refractivity contribution is -0.279. The molecule has 3 saturated heterocycles. The van der Waals surface area contributed by atoms with Crippen LogP contribution in [0, 0.1) is 58.2 Å². The van der Waals surface area contributed by atoms with Crippen molar-refractivity contribution in [3.63, 3.8) is 0 Å². The van der Waals surface area contributed by atoms with Gasteiger partial charge in [-0.15, -0.1) is 0 Å². The first-order valence-electron chi connectivity index (χ1n) is 26.4. The summed E-state index contributed by atoms with van der Waals surface area (Å²) in [6, 6.07) is 7.14. The molecule has 1 unspecified atom stereocenters. The Morgan fingerprint density at radius 2 is 1.73 bits per heavy atom. The van der Waals surface area contributed by atoms with Gasteiger partial charge in [-0.2, -0.15) is 0 Å². The third-order valence-electron chi connectivity index (χ3n) is 20.9. The molecule has 12 bridgehead atoms. The van der Waals surface area contributed by atoms with Crippen LogP contribution in [0.25, 0.3) is 0 Å². The largest absolute Gasteiger partial charge is 0.509 e. The Morgan fingerprint density at radius 1 is 0.905 bits per heavy atom. The van der Waals surface area contributed by atoms with Gasteiger partial charge >= 0.3 is 11.9 Å². The van der Waals surface area contributed by atoms with Crippen LogP contribution in [0.5, 0.6) is 0 Å². The van der Waals surface area contributed by atoms with E-state index < -0.39 is 16.4 Å². The molecule has 2 spiro atoms. The fraction of sp³-hybridized carbons (Fsp3) is 0.745. The quantitative estimate of drug-likeness (QED) is 0.197. The molecule has 3 N–H and O–H groups in total. The normalized spacial score (nSPS) is 43.7. The van der Waals surface area contributed by atoms with E-state index in [-0.39, 0.29) is 29.7 Å². The Kier molecular flexibility index (Phi) is 9.38. The number of carbonyl (C=O) groups is 2. The fourth-order valence-electron chi connectivity index (χ4n) is 18.8. The lowest BCUT2D eigenvalue weighted by Crippen LogP contribution is -2.77. The highest BCUT2D eigenvalue weighted by atomic mass is 16.6. The zero-order valence-corrected chi connectivity index (χ0v) is 38.1. The zero-order chi connectivity index (χ0) is 42.4. The Labute approximate surface area is 375 Å². The van der Waals surface area contributed by atoms with Crippen molar-refractivity contribution < 1.29 is 24.2 Å². The van der Waals surface area contributed by atoms with Gasteiger partial charge in [0, 0.05) is 61.2 Å². The van der Waals surface area contributed by atoms with Gasteiger partial charge in [0.1, 0.15) is 11.2 Å². The van der Waals surface area contributed by atoms with Gasteiger partial charge in [-0.05, 0) is 131 Å². The predicted molar refractivity (Wildman–Crippen MR) is 242 cm³/mol. The number of esters is 2. The number of fused-ring (bicyclic) bond motifs is 2. The number of rotatable bonds is 8. The molecule has 8 nitrogen and oxygen atoms in total. The highest BCUT2D eigenvalue weighted by Crippen LogP contribution is 2.87. The smallest absolute Gasteiger partial charge is 0.339 e. The van der Waals surface area contributed by atoms with Gasteiger partial charge in [0.2, 0.25) is 0 Å². The van der Waals surface area contributed by atoms with Crippen molar-refractivity contribution in [3.8, 4) is 0 Å². The number of nitrogens with two attached hydrogens (primary N) is 1. The maximum absolute atomic E-state index is 16.0. The number of ether oxygens (including phenoxy) is 2. The molecule has 16 rings (SSSR count). The lowest BCUT2D eigenvalue weighted by Gasteiger charge is -2.72. The molecule has 0 amide bonds. The summed E-state index contributed by atoms with van der Waals surface area (Å²) in [5.41, 5.74) is 12.0. The van der Waals surface area contributed by atoms with Crippen molar-refractivity contribution >= 4 is 11.9 Å². The number of hydrogen-bond acceptors (Lipinski definition) is 8. The summed E-state index contributed by atoms with van der Waals surface area (Å²) in [5, 5.41) is 13.3. The zero-order valence-electron chi connectivity index (χ0n) is 38.1. The van der Waals surface area contributed by atoms with Crippen molar-refractivity contribution in [3.05, 3.63) is 68.8 Å². The van der Waals surface area contributed by atoms with Crippen LogP contribution in [0.1, 0.15) is 170 Å². The highest BCUT2D eigenvalue weighted by Gasteiger charge is 2.93. The minimum atomic E-state index is -1.09. The first-order chi connectivity index (χ1) is 30.8. The average Bonchev–Trinajstić information content (AvgIpc) is 3.99. The van der Waals surface area contributed by atoms with E-state index in [0.29, 0.717) is 84.6 Å². The van der Waals surface area contributed by atoms with Crippen molar-refractivity contribution in [2.45, 2.75) is 172 Å². The van der Waals surface area contributed by atoms with Crippen molar-refractivity contribution in [1.82, 2.24) is 9.80 Å². The third kappa shape index (κ3) is 5.29. The molecule has 8 heteroatoms. The van der Waals surface area contributed by atoms with Gasteiger partial charge in [0.15, 0.2) is 11.4 Å². The molecule has 338 valence electrons. The fourth-order valence-corrected chi connectivity index (χ4v) is 18.8. The van der Waals surface area contributed by atoms with Crippen molar-refractivity contribution in [1.29, 1.82) is 0 Å². The molecule has 6 fully saturated rings. The second kappa shape index (κ2) is 14.7. The van der Waals surface area contributed by atoms with E-state index in [1.54, 1.807) is 16.8 Å². The second-order valence-electron chi connectivity index (χ2n) is 23.5. The molecule has 15 aliphatic rings. The van der Waals surface area contributed by atoms with E-state index in [4.69, 9.17) is 15.2 Å². The number of nitrogens with zero attached hydrogens (tertiary/aromatic N) is 2. The molecule has 0 radical (unpaired) electrons. The number of hydrogen-bond donors (Lipinski definition) is 2. The summed E-state index contributed by atoms with van der Waals surface area (Å²) >= 11 is 0. The molecular formula is C55H73N3O5. The molecule has 0 aromatic heterocycles. The molecule has 1 aromatic rings. The SMILES string of the molecule is C[C@@H]1CC2=C3[C@@H]4C5=C(CC[C@H]41)[C@]14C(=O)O/C(=C(/O)C[C@H](CC6CCCCC6)N6C[C@H]7C[C@@H](C6)[C@H](CC2)N3C7)[C@@]1(CC5)[C@]1(OC(=O)c2c(CCCN)cccc21)[C@H]4CCC1CCCC1. The highest BCUT2D eigenvalue weighted by molar-refractivity contribution is 6.00. The monoisotopic (exact) mass is 856 g/mol. The van der Waals surface area contributed by atoms with E-state index in [1.807, 2.05) is 0 Å². The summed E-state index contributed by atoms with van der Waals surface area (Å²) in [4.78, 5) is 36.7. The van der Waals surface area contributed by atoms with Gasteiger partial charge < -0.3 is 25.2 Å². The van der Waals surface area contributed by atoms with Crippen molar-refractivity contribution in [2.24, 2.45) is 63.9 Å². The van der Waals surface area contributed by atoms with Gasteiger partial charge in [0.25, 0.3) is 0 Å². The molecule has 9 heterocycles. The predicted octanol–water partition coefficient (Wildman–Crippen LogP) is 10.4. The third-order valence-corrected chi connectivity index (χ3v) is 20.9. The summed E-state index contributed by atoms with van der Waals surface area (Å²) < 4.78 is 14.3. The van der Waals surface area contributed by atoms with Crippen LogP contribution in [0.3, 0.4) is 0 Å². The van der Waals surface area contributed by atoms with Gasteiger partial charge in [0.05, 0.1) is 11.0 Å². The Morgan fingerprint density at radius 3 is 2.57 bits per heavy atom. The summed E-state index contributed by atoms with van der Waals surface area (Å²) in [6.07, 6.45) is 24.9. The number of aryl methyl sites for hydroxylation is 1. The van der Waals surface area contributed by atoms with Gasteiger partial charge in [-0.25, -0.2) is 4.79 Å². The van der Waals surface area contributed by atoms with E-state index in [2.05, 4.69) is 34.9 Å². The first kappa shape index (κ1) is 40.2. The number of piperidine rings is 2. The number of allylic oxidation sites excluding steroid dienone is 2. The maximum atomic E-state index is 16.0. The Hall–Kier alpha value is -3.10. The molecule has 6 aliphatic carbocycles. The van der Waals surface area contributed by atoms with Gasteiger partial charge in [-0.1, -0.05) is 99.6 Å². The molecule has 1 aromatic carbocycles. The number of aliphatic hydroxyl groups is 1. The number of aliphatic hydroxyl groups excluding tert-OH is 1. The second-order valence-corrected chi connectivity index (χ2v) is 23.5. The Balaban J connectivity index is 1.06. The van der Waals surface area contributed by atoms with E-state index in [1.165, 1.54) is 89.0 Å². The minimum absolute atomic E-state index is 0.155. The lowest BCUT2D eigenvalue weighted by atomic mass is 9.28. The van der Waals surface area contributed by atoms with Crippen LogP contribution < -0.4 is 5.73 Å². The van der Waals surface area contributed by atoms with Crippen LogP contribution in [0.4, 0.5) is 0 Å². The number of carbonyl (C=O) groups excluding carboxylic acids is 2. The minimum Gasteiger partial charge on any atom is -0.509 e. The number of benzene rings is 1. The average molecular weight is 856 g/mol. The van der Waals surface area contributed by atoms with Gasteiger partial charge in [-0.3, -0.25) is 9.69 Å². The molecular weight excluding hydrogens is 783 g/mol. The van der Waals surface area contributed by atoms with Crippen LogP contribution in [-0.4, -0.2) is 65.1 Å². The van der Waals surface area contributed by atoms with E-state index >= 15 is 4.79 Å². The van der Waals surface area contributed by atoms with Crippen molar-refractivity contribution in [2.75, 3.05) is 26.2 Å². The molecule has 63 heavy (non-hydrogen) atoms. The standard InChI is InChI=1S/C55H73N3O5/c1-32-25-37-17-20-44-38-26-35-29-57(31-38)39(27-34-11-3-2-4-12-34)28-45(59)50-53-23-22-41-42(19-18-40(32)48(41)49(37)58(44)30-35)54(53,52(61)62-50)46(21-16-33-9-5-6-10-33)55(53)43-15-7-13-36(14-8-24-56)47(43)51(60)63-55/h7,13,15,32-35,38-40,44,46,48,59H,2-6,8-12,14,16-31,56H2,1H3/b50-45+/t32-,35-,38+,39+,40+,44+,46+,48+,53-,54+,55-/m1/s1.